The van der Waals surface area contributed by atoms with Gasteiger partial charge in [0.05, 0.1) is 13.2 Å². The first-order valence-corrected chi connectivity index (χ1v) is 22.3. The van der Waals surface area contributed by atoms with Gasteiger partial charge in [0.1, 0.15) is 6.61 Å². The fraction of sp³-hybridized carbons (Fsp3) is 0.721. The number of phosphoric acid groups is 1. The van der Waals surface area contributed by atoms with Gasteiger partial charge in [0.25, 0.3) is 0 Å². The van der Waals surface area contributed by atoms with Crippen LogP contribution in [0, 0.1) is 0 Å². The van der Waals surface area contributed by atoms with Crippen LogP contribution in [-0.4, -0.2) is 49.3 Å². The Bertz CT molecular complexity index is 1050. The van der Waals surface area contributed by atoms with E-state index in [9.17, 15) is 19.0 Å². The number of carbonyl (C=O) groups excluding carboxylic acids is 2. The van der Waals surface area contributed by atoms with Gasteiger partial charge in [0.15, 0.2) is 6.10 Å². The summed E-state index contributed by atoms with van der Waals surface area (Å²) in [6.45, 7) is 3.54. The maximum atomic E-state index is 12.6. The van der Waals surface area contributed by atoms with Crippen LogP contribution in [0.4, 0.5) is 0 Å². The van der Waals surface area contributed by atoms with Gasteiger partial charge in [0, 0.05) is 19.4 Å². The van der Waals surface area contributed by atoms with Crippen molar-refractivity contribution in [3.05, 3.63) is 60.8 Å². The molecule has 53 heavy (non-hydrogen) atoms. The highest BCUT2D eigenvalue weighted by Crippen LogP contribution is 2.43. The molecular formula is C43H76NO8P. The van der Waals surface area contributed by atoms with E-state index in [2.05, 4.69) is 74.6 Å². The predicted octanol–water partition coefficient (Wildman–Crippen LogP) is 11.7. The second-order valence-electron chi connectivity index (χ2n) is 13.5. The van der Waals surface area contributed by atoms with Crippen LogP contribution in [0.2, 0.25) is 0 Å². The summed E-state index contributed by atoms with van der Waals surface area (Å²) in [5, 5.41) is 0. The molecule has 0 rings (SSSR count). The van der Waals surface area contributed by atoms with Gasteiger partial charge in [-0.1, -0.05) is 145 Å². The quantitative estimate of drug-likeness (QED) is 0.0272. The molecule has 0 aliphatic rings. The van der Waals surface area contributed by atoms with Crippen molar-refractivity contribution < 1.29 is 37.6 Å². The number of esters is 2. The predicted molar refractivity (Wildman–Crippen MR) is 219 cm³/mol. The molecule has 0 radical (unpaired) electrons. The minimum Gasteiger partial charge on any atom is -0.462 e. The zero-order valence-corrected chi connectivity index (χ0v) is 34.4. The van der Waals surface area contributed by atoms with Gasteiger partial charge in [-0.3, -0.25) is 18.6 Å². The Morgan fingerprint density at radius 2 is 1.04 bits per heavy atom. The third-order valence-electron chi connectivity index (χ3n) is 8.39. The van der Waals surface area contributed by atoms with Crippen LogP contribution in [0.5, 0.6) is 0 Å². The monoisotopic (exact) mass is 766 g/mol. The average Bonchev–Trinajstić information content (AvgIpc) is 3.14. The lowest BCUT2D eigenvalue weighted by Gasteiger charge is -2.19. The van der Waals surface area contributed by atoms with Crippen molar-refractivity contribution in [1.82, 2.24) is 0 Å². The number of carbonyl (C=O) groups is 2. The van der Waals surface area contributed by atoms with Crippen LogP contribution in [0.15, 0.2) is 60.8 Å². The number of allylic oxidation sites excluding steroid dienone is 10. The molecule has 0 spiro atoms. The van der Waals surface area contributed by atoms with E-state index in [0.29, 0.717) is 6.42 Å². The number of hydrogen-bond donors (Lipinski definition) is 2. The number of rotatable bonds is 38. The highest BCUT2D eigenvalue weighted by atomic mass is 31.2. The first-order chi connectivity index (χ1) is 25.8. The molecule has 0 aromatic carbocycles. The largest absolute Gasteiger partial charge is 0.472 e. The molecule has 0 saturated heterocycles. The minimum absolute atomic E-state index is 0.0483. The summed E-state index contributed by atoms with van der Waals surface area (Å²) in [5.41, 5.74) is 5.34. The van der Waals surface area contributed by atoms with Crippen molar-refractivity contribution in [2.24, 2.45) is 5.73 Å². The van der Waals surface area contributed by atoms with Gasteiger partial charge in [-0.15, -0.1) is 0 Å². The van der Waals surface area contributed by atoms with Crippen molar-refractivity contribution in [2.75, 3.05) is 26.4 Å². The van der Waals surface area contributed by atoms with Gasteiger partial charge in [-0.05, 0) is 70.6 Å². The lowest BCUT2D eigenvalue weighted by molar-refractivity contribution is -0.161. The van der Waals surface area contributed by atoms with Gasteiger partial charge in [-0.25, -0.2) is 4.57 Å². The summed E-state index contributed by atoms with van der Waals surface area (Å²) < 4.78 is 32.7. The standard InChI is InChI=1S/C43H76NO8P/c1-3-5-7-9-11-13-15-16-17-18-19-20-21-22-23-24-26-28-30-32-34-36-43(46)52-41(40-51-53(47,48)50-38-37-44)39-49-42(45)35-33-31-29-27-25-14-12-10-8-6-4-2/h5,7,10-13,16-17,19-20,41H,3-4,6,8-9,14-15,18,21-40,44H2,1-2H3,(H,47,48)/b7-5-,12-10-,13-11-,17-16-,20-19-. The average molecular weight is 766 g/mol. The molecule has 0 fully saturated rings. The molecule has 0 amide bonds. The fourth-order valence-electron chi connectivity index (χ4n) is 5.31. The van der Waals surface area contributed by atoms with Crippen molar-refractivity contribution in [2.45, 2.75) is 174 Å². The van der Waals surface area contributed by atoms with Crippen molar-refractivity contribution in [3.8, 4) is 0 Å². The molecule has 306 valence electrons. The molecule has 10 heteroatoms. The summed E-state index contributed by atoms with van der Waals surface area (Å²) in [6, 6.07) is 0. The van der Waals surface area contributed by atoms with E-state index >= 15 is 0 Å². The van der Waals surface area contributed by atoms with E-state index in [1.807, 2.05) is 0 Å². The molecule has 0 heterocycles. The molecule has 0 aliphatic carbocycles. The summed E-state index contributed by atoms with van der Waals surface area (Å²) in [6.07, 6.45) is 45.4. The van der Waals surface area contributed by atoms with Gasteiger partial charge >= 0.3 is 19.8 Å². The Labute approximate surface area is 323 Å². The summed E-state index contributed by atoms with van der Waals surface area (Å²) in [5.74, 6) is -0.854. The third kappa shape index (κ3) is 39.2. The molecular weight excluding hydrogens is 689 g/mol. The first kappa shape index (κ1) is 50.7. The van der Waals surface area contributed by atoms with E-state index in [-0.39, 0.29) is 32.6 Å². The maximum absolute atomic E-state index is 12.6. The van der Waals surface area contributed by atoms with Crippen molar-refractivity contribution >= 4 is 19.8 Å². The number of ether oxygens (including phenoxy) is 2. The second-order valence-corrected chi connectivity index (χ2v) is 14.9. The Kier molecular flexibility index (Phi) is 37.7. The van der Waals surface area contributed by atoms with E-state index < -0.39 is 32.5 Å². The van der Waals surface area contributed by atoms with E-state index in [4.69, 9.17) is 24.3 Å². The van der Waals surface area contributed by atoms with Gasteiger partial charge in [0.2, 0.25) is 0 Å². The molecule has 2 unspecified atom stereocenters. The normalized spacial score (nSPS) is 14.0. The zero-order chi connectivity index (χ0) is 38.9. The Morgan fingerprint density at radius 1 is 0.585 bits per heavy atom. The van der Waals surface area contributed by atoms with Crippen LogP contribution >= 0.6 is 7.82 Å². The summed E-state index contributed by atoms with van der Waals surface area (Å²) >= 11 is 0. The summed E-state index contributed by atoms with van der Waals surface area (Å²) in [4.78, 5) is 34.8. The smallest absolute Gasteiger partial charge is 0.462 e. The molecule has 2 atom stereocenters. The van der Waals surface area contributed by atoms with Crippen LogP contribution in [0.25, 0.3) is 0 Å². The molecule has 0 bridgehead atoms. The molecule has 0 aromatic rings. The Hall–Kier alpha value is -2.29. The lowest BCUT2D eigenvalue weighted by atomic mass is 10.1. The molecule has 3 N–H and O–H groups in total. The lowest BCUT2D eigenvalue weighted by Crippen LogP contribution is -2.29. The number of hydrogen-bond acceptors (Lipinski definition) is 8. The van der Waals surface area contributed by atoms with Crippen LogP contribution in [0.3, 0.4) is 0 Å². The van der Waals surface area contributed by atoms with Gasteiger partial charge in [-0.2, -0.15) is 0 Å². The van der Waals surface area contributed by atoms with Crippen molar-refractivity contribution in [3.63, 3.8) is 0 Å². The maximum Gasteiger partial charge on any atom is 0.472 e. The van der Waals surface area contributed by atoms with E-state index in [1.165, 1.54) is 38.5 Å². The van der Waals surface area contributed by atoms with Crippen LogP contribution in [-0.2, 0) is 32.7 Å². The Balaban J connectivity index is 4.16. The highest BCUT2D eigenvalue weighted by molar-refractivity contribution is 7.47. The van der Waals surface area contributed by atoms with E-state index in [1.54, 1.807) is 0 Å². The van der Waals surface area contributed by atoms with Crippen LogP contribution in [0.1, 0.15) is 168 Å². The zero-order valence-electron chi connectivity index (χ0n) is 33.5. The summed E-state index contributed by atoms with van der Waals surface area (Å²) in [7, 11) is -4.38. The molecule has 0 aliphatic heterocycles. The minimum atomic E-state index is -4.38. The SMILES string of the molecule is CC/C=C\C/C=C\C/C=C\C/C=C\CCCCCCCCCCC(=O)OC(COC(=O)CCCCCCC/C=C\CCCC)COP(=O)(O)OCCN. The van der Waals surface area contributed by atoms with E-state index in [0.717, 1.165) is 96.3 Å². The fourth-order valence-corrected chi connectivity index (χ4v) is 6.08. The highest BCUT2D eigenvalue weighted by Gasteiger charge is 2.26. The van der Waals surface area contributed by atoms with Crippen molar-refractivity contribution in [1.29, 1.82) is 0 Å². The number of phosphoric ester groups is 1. The van der Waals surface area contributed by atoms with Gasteiger partial charge < -0.3 is 20.1 Å². The molecule has 9 nitrogen and oxygen atoms in total. The second kappa shape index (κ2) is 39.4. The number of nitrogens with two attached hydrogens (primary N) is 1. The van der Waals surface area contributed by atoms with Crippen LogP contribution < -0.4 is 5.73 Å². The Morgan fingerprint density at radius 3 is 1.57 bits per heavy atom. The topological polar surface area (TPSA) is 134 Å². The molecule has 0 saturated carbocycles. The third-order valence-corrected chi connectivity index (χ3v) is 9.37. The first-order valence-electron chi connectivity index (χ1n) is 20.8. The molecule has 0 aromatic heterocycles. The number of unbranched alkanes of at least 4 members (excludes halogenated alkanes) is 15.